The molecule has 0 saturated carbocycles. The number of aliphatic hydroxyl groups is 1. The number of aromatic carboxylic acids is 1. The zero-order chi connectivity index (χ0) is 17.1. The van der Waals surface area contributed by atoms with E-state index in [1.165, 1.54) is 0 Å². The average Bonchev–Trinajstić information content (AvgIpc) is 2.61. The van der Waals surface area contributed by atoms with Crippen LogP contribution in [0.25, 0.3) is 0 Å². The SMILES string of the molecule is O=C(NCC(O)CCl)c1ccccc1.O=C(O)c1ccccc1. The van der Waals surface area contributed by atoms with E-state index in [-0.39, 0.29) is 18.3 Å². The highest BCUT2D eigenvalue weighted by atomic mass is 35.5. The Hall–Kier alpha value is -2.37. The van der Waals surface area contributed by atoms with Crippen molar-refractivity contribution >= 4 is 23.5 Å². The van der Waals surface area contributed by atoms with Crippen LogP contribution in [0, 0.1) is 0 Å². The standard InChI is InChI=1S/C10H12ClNO2.C7H6O2/c11-6-9(13)7-12-10(14)8-4-2-1-3-5-8;8-7(9)6-4-2-1-3-5-6/h1-5,9,13H,6-7H2,(H,12,14);1-5H,(H,8,9). The molecule has 0 spiro atoms. The number of amides is 1. The van der Waals surface area contributed by atoms with E-state index in [0.717, 1.165) is 0 Å². The lowest BCUT2D eigenvalue weighted by molar-refractivity contribution is 0.0696. The number of halogens is 1. The molecule has 1 amide bonds. The van der Waals surface area contributed by atoms with Gasteiger partial charge in [0.05, 0.1) is 17.5 Å². The minimum absolute atomic E-state index is 0.120. The third kappa shape index (κ3) is 7.44. The maximum atomic E-state index is 11.4. The Morgan fingerprint density at radius 1 is 0.957 bits per heavy atom. The van der Waals surface area contributed by atoms with Crippen LogP contribution in [0.3, 0.4) is 0 Å². The second-order valence-corrected chi connectivity index (χ2v) is 4.86. The molecule has 0 heterocycles. The number of alkyl halides is 1. The summed E-state index contributed by atoms with van der Waals surface area (Å²) < 4.78 is 0. The monoisotopic (exact) mass is 335 g/mol. The Labute approximate surface area is 139 Å². The van der Waals surface area contributed by atoms with Gasteiger partial charge in [-0.15, -0.1) is 11.6 Å². The van der Waals surface area contributed by atoms with Crippen LogP contribution in [0.4, 0.5) is 0 Å². The number of rotatable bonds is 5. The maximum Gasteiger partial charge on any atom is 0.335 e. The third-order valence-corrected chi connectivity index (χ3v) is 3.09. The van der Waals surface area contributed by atoms with Crippen molar-refractivity contribution in [3.05, 3.63) is 71.8 Å². The van der Waals surface area contributed by atoms with Gasteiger partial charge in [-0.3, -0.25) is 4.79 Å². The van der Waals surface area contributed by atoms with Crippen LogP contribution < -0.4 is 5.32 Å². The minimum Gasteiger partial charge on any atom is -0.478 e. The molecule has 0 radical (unpaired) electrons. The van der Waals surface area contributed by atoms with Gasteiger partial charge in [-0.2, -0.15) is 0 Å². The van der Waals surface area contributed by atoms with Gasteiger partial charge in [-0.25, -0.2) is 4.79 Å². The van der Waals surface area contributed by atoms with E-state index in [9.17, 15) is 9.59 Å². The van der Waals surface area contributed by atoms with Crippen molar-refractivity contribution < 1.29 is 19.8 Å². The molecular formula is C17H18ClNO4. The number of carboxylic acid groups (broad SMARTS) is 1. The van der Waals surface area contributed by atoms with Gasteiger partial charge in [0.2, 0.25) is 0 Å². The molecule has 3 N–H and O–H groups in total. The lowest BCUT2D eigenvalue weighted by Gasteiger charge is -2.08. The molecule has 23 heavy (non-hydrogen) atoms. The van der Waals surface area contributed by atoms with Crippen LogP contribution in [0.15, 0.2) is 60.7 Å². The van der Waals surface area contributed by atoms with Gasteiger partial charge in [0.15, 0.2) is 0 Å². The van der Waals surface area contributed by atoms with Gasteiger partial charge < -0.3 is 15.5 Å². The van der Waals surface area contributed by atoms with Gasteiger partial charge in [0.25, 0.3) is 5.91 Å². The molecule has 0 fully saturated rings. The molecule has 1 unspecified atom stereocenters. The summed E-state index contributed by atoms with van der Waals surface area (Å²) in [5.41, 5.74) is 0.909. The Bertz CT molecular complexity index is 605. The smallest absolute Gasteiger partial charge is 0.335 e. The third-order valence-electron chi connectivity index (χ3n) is 2.73. The summed E-state index contributed by atoms with van der Waals surface area (Å²) in [6, 6.07) is 17.1. The Balaban J connectivity index is 0.000000253. The first-order valence-corrected chi connectivity index (χ1v) is 7.43. The number of nitrogens with one attached hydrogen (secondary N) is 1. The number of carboxylic acids is 1. The Morgan fingerprint density at radius 3 is 1.83 bits per heavy atom. The zero-order valence-corrected chi connectivity index (χ0v) is 13.1. The quantitative estimate of drug-likeness (QED) is 0.732. The van der Waals surface area contributed by atoms with E-state index in [0.29, 0.717) is 11.1 Å². The molecule has 1 atom stereocenters. The van der Waals surface area contributed by atoms with E-state index >= 15 is 0 Å². The topological polar surface area (TPSA) is 86.6 Å². The number of hydrogen-bond acceptors (Lipinski definition) is 3. The first kappa shape index (κ1) is 18.7. The molecule has 122 valence electrons. The second kappa shape index (κ2) is 10.4. The molecule has 5 nitrogen and oxygen atoms in total. The number of carbonyl (C=O) groups excluding carboxylic acids is 1. The fourth-order valence-corrected chi connectivity index (χ4v) is 1.65. The Kier molecular flexibility index (Phi) is 8.42. The van der Waals surface area contributed by atoms with E-state index in [1.807, 2.05) is 6.07 Å². The first-order chi connectivity index (χ1) is 11.0. The molecule has 0 aliphatic rings. The molecule has 0 bridgehead atoms. The molecule has 0 aliphatic heterocycles. The van der Waals surface area contributed by atoms with Crippen molar-refractivity contribution in [3.8, 4) is 0 Å². The van der Waals surface area contributed by atoms with Crippen molar-refractivity contribution in [2.24, 2.45) is 0 Å². The summed E-state index contributed by atoms with van der Waals surface area (Å²) in [6.45, 7) is 0.178. The molecule has 2 aromatic carbocycles. The molecule has 2 rings (SSSR count). The fraction of sp³-hybridized carbons (Fsp3) is 0.176. The minimum atomic E-state index is -0.879. The van der Waals surface area contributed by atoms with Crippen LogP contribution in [0.5, 0.6) is 0 Å². The highest BCUT2D eigenvalue weighted by Crippen LogP contribution is 1.98. The van der Waals surface area contributed by atoms with Gasteiger partial charge in [0, 0.05) is 12.1 Å². The second-order valence-electron chi connectivity index (χ2n) is 4.56. The molecule has 0 saturated heterocycles. The van der Waals surface area contributed by atoms with Crippen LogP contribution in [0.1, 0.15) is 20.7 Å². The highest BCUT2D eigenvalue weighted by molar-refractivity contribution is 6.18. The predicted molar refractivity (Wildman–Crippen MR) is 88.9 cm³/mol. The van der Waals surface area contributed by atoms with Gasteiger partial charge in [-0.05, 0) is 24.3 Å². The molecule has 6 heteroatoms. The van der Waals surface area contributed by atoms with E-state index in [2.05, 4.69) is 5.32 Å². The Morgan fingerprint density at radius 2 is 1.43 bits per heavy atom. The van der Waals surface area contributed by atoms with Gasteiger partial charge in [0.1, 0.15) is 0 Å². The van der Waals surface area contributed by atoms with Crippen LogP contribution in [-0.4, -0.2) is 40.6 Å². The zero-order valence-electron chi connectivity index (χ0n) is 12.4. The first-order valence-electron chi connectivity index (χ1n) is 6.90. The summed E-state index contributed by atoms with van der Waals surface area (Å²) in [5.74, 6) is -0.958. The van der Waals surface area contributed by atoms with Crippen molar-refractivity contribution in [2.45, 2.75) is 6.10 Å². The largest absolute Gasteiger partial charge is 0.478 e. The van der Waals surface area contributed by atoms with E-state index in [4.69, 9.17) is 21.8 Å². The van der Waals surface area contributed by atoms with E-state index < -0.39 is 12.1 Å². The summed E-state index contributed by atoms with van der Waals surface area (Å²) >= 11 is 5.38. The predicted octanol–water partition coefficient (Wildman–Crippen LogP) is 2.40. The van der Waals surface area contributed by atoms with Crippen LogP contribution in [-0.2, 0) is 0 Å². The molecular weight excluding hydrogens is 318 g/mol. The lowest BCUT2D eigenvalue weighted by Crippen LogP contribution is -2.32. The summed E-state index contributed by atoms with van der Waals surface area (Å²) in [5, 5.41) is 20.1. The van der Waals surface area contributed by atoms with Gasteiger partial charge in [-0.1, -0.05) is 36.4 Å². The number of aliphatic hydroxyl groups excluding tert-OH is 1. The number of benzene rings is 2. The molecule has 0 aliphatic carbocycles. The number of carbonyl (C=O) groups is 2. The average molecular weight is 336 g/mol. The normalized spacial score (nSPS) is 10.9. The molecule has 2 aromatic rings. The summed E-state index contributed by atoms with van der Waals surface area (Å²) in [6.07, 6.45) is -0.690. The summed E-state index contributed by atoms with van der Waals surface area (Å²) in [7, 11) is 0. The number of hydrogen-bond donors (Lipinski definition) is 3. The van der Waals surface area contributed by atoms with Crippen molar-refractivity contribution in [2.75, 3.05) is 12.4 Å². The van der Waals surface area contributed by atoms with Crippen molar-refractivity contribution in [1.82, 2.24) is 5.32 Å². The van der Waals surface area contributed by atoms with Crippen LogP contribution >= 0.6 is 11.6 Å². The fourth-order valence-electron chi connectivity index (χ4n) is 1.54. The summed E-state index contributed by atoms with van der Waals surface area (Å²) in [4.78, 5) is 21.6. The van der Waals surface area contributed by atoms with E-state index in [1.54, 1.807) is 54.6 Å². The highest BCUT2D eigenvalue weighted by Gasteiger charge is 2.06. The van der Waals surface area contributed by atoms with Crippen molar-refractivity contribution in [3.63, 3.8) is 0 Å². The molecule has 0 aromatic heterocycles. The maximum absolute atomic E-state index is 11.4. The van der Waals surface area contributed by atoms with Gasteiger partial charge >= 0.3 is 5.97 Å². The lowest BCUT2D eigenvalue weighted by atomic mass is 10.2. The van der Waals surface area contributed by atoms with Crippen LogP contribution in [0.2, 0.25) is 0 Å². The van der Waals surface area contributed by atoms with Crippen molar-refractivity contribution in [1.29, 1.82) is 0 Å².